The molecule has 1 aromatic heterocycles. The van der Waals surface area contributed by atoms with Gasteiger partial charge in [0.2, 0.25) is 5.91 Å². The zero-order chi connectivity index (χ0) is 15.8. The normalized spacial score (nSPS) is 10.5. The highest BCUT2D eigenvalue weighted by atomic mass is 16.5. The number of amides is 1. The molecule has 118 valence electrons. The third-order valence-corrected chi connectivity index (χ3v) is 3.37. The van der Waals surface area contributed by atoms with Gasteiger partial charge in [-0.3, -0.25) is 4.79 Å². The molecule has 1 heterocycles. The Balaban J connectivity index is 1.87. The van der Waals surface area contributed by atoms with Gasteiger partial charge in [-0.25, -0.2) is 0 Å². The first-order chi connectivity index (χ1) is 10.7. The molecule has 0 saturated heterocycles. The van der Waals surface area contributed by atoms with Gasteiger partial charge >= 0.3 is 0 Å². The fourth-order valence-electron chi connectivity index (χ4n) is 2.10. The Kier molecular flexibility index (Phi) is 6.01. The van der Waals surface area contributed by atoms with Crippen LogP contribution in [-0.2, 0) is 11.2 Å². The summed E-state index contributed by atoms with van der Waals surface area (Å²) in [5.74, 6) is 1.57. The van der Waals surface area contributed by atoms with Crippen LogP contribution in [0.2, 0.25) is 0 Å². The van der Waals surface area contributed by atoms with Crippen LogP contribution in [0, 0.1) is 0 Å². The molecule has 0 saturated carbocycles. The third kappa shape index (κ3) is 4.62. The van der Waals surface area contributed by atoms with E-state index in [9.17, 15) is 4.79 Å². The average Bonchev–Trinajstić information content (AvgIpc) is 3.02. The van der Waals surface area contributed by atoms with Crippen molar-refractivity contribution >= 4 is 5.91 Å². The number of rotatable bonds is 8. The van der Waals surface area contributed by atoms with Crippen molar-refractivity contribution in [1.29, 1.82) is 0 Å². The Labute approximate surface area is 130 Å². The zero-order valence-electron chi connectivity index (χ0n) is 13.1. The molecule has 0 atom stereocenters. The molecule has 5 nitrogen and oxygen atoms in total. The molecule has 2 aromatic rings. The van der Waals surface area contributed by atoms with Crippen molar-refractivity contribution in [2.75, 3.05) is 13.7 Å². The lowest BCUT2D eigenvalue weighted by Gasteiger charge is -2.02. The predicted octanol–water partition coefficient (Wildman–Crippen LogP) is 3.20. The van der Waals surface area contributed by atoms with Crippen molar-refractivity contribution in [2.45, 2.75) is 32.6 Å². The van der Waals surface area contributed by atoms with Crippen LogP contribution >= 0.6 is 0 Å². The van der Waals surface area contributed by atoms with Gasteiger partial charge in [0.15, 0.2) is 5.76 Å². The minimum atomic E-state index is 0.0957. The average molecular weight is 302 g/mol. The molecule has 1 aromatic carbocycles. The molecule has 5 heteroatoms. The van der Waals surface area contributed by atoms with Crippen LogP contribution < -0.4 is 10.1 Å². The highest BCUT2D eigenvalue weighted by Crippen LogP contribution is 2.24. The van der Waals surface area contributed by atoms with Crippen LogP contribution in [0.4, 0.5) is 0 Å². The topological polar surface area (TPSA) is 64.4 Å². The van der Waals surface area contributed by atoms with Crippen molar-refractivity contribution in [3.8, 4) is 17.1 Å². The van der Waals surface area contributed by atoms with Crippen molar-refractivity contribution < 1.29 is 14.1 Å². The predicted molar refractivity (Wildman–Crippen MR) is 84.7 cm³/mol. The maximum absolute atomic E-state index is 11.5. The van der Waals surface area contributed by atoms with E-state index in [4.69, 9.17) is 9.26 Å². The smallest absolute Gasteiger partial charge is 0.220 e. The second kappa shape index (κ2) is 8.22. The highest BCUT2D eigenvalue weighted by Gasteiger charge is 2.08. The molecule has 0 radical (unpaired) electrons. The molecule has 2 rings (SSSR count). The summed E-state index contributed by atoms with van der Waals surface area (Å²) < 4.78 is 10.6. The largest absolute Gasteiger partial charge is 0.497 e. The number of hydrogen-bond donors (Lipinski definition) is 1. The lowest BCUT2D eigenvalue weighted by atomic mass is 10.1. The van der Waals surface area contributed by atoms with Gasteiger partial charge in [0, 0.05) is 31.0 Å². The molecule has 1 N–H and O–H groups in total. The van der Waals surface area contributed by atoms with Gasteiger partial charge in [0.1, 0.15) is 5.75 Å². The minimum absolute atomic E-state index is 0.0957. The monoisotopic (exact) mass is 302 g/mol. The van der Waals surface area contributed by atoms with Crippen LogP contribution in [0.1, 0.15) is 31.9 Å². The Morgan fingerprint density at radius 2 is 2.23 bits per heavy atom. The quantitative estimate of drug-likeness (QED) is 0.813. The first kappa shape index (κ1) is 16.1. The van der Waals surface area contributed by atoms with Gasteiger partial charge in [0.05, 0.1) is 12.8 Å². The van der Waals surface area contributed by atoms with Crippen LogP contribution in [0.15, 0.2) is 34.9 Å². The van der Waals surface area contributed by atoms with E-state index in [1.807, 2.05) is 30.3 Å². The minimum Gasteiger partial charge on any atom is -0.497 e. The van der Waals surface area contributed by atoms with E-state index in [0.717, 1.165) is 29.8 Å². The van der Waals surface area contributed by atoms with Crippen LogP contribution in [-0.4, -0.2) is 24.7 Å². The Hall–Kier alpha value is -2.30. The summed E-state index contributed by atoms with van der Waals surface area (Å²) in [5, 5.41) is 6.93. The summed E-state index contributed by atoms with van der Waals surface area (Å²) in [4.78, 5) is 11.5. The van der Waals surface area contributed by atoms with Crippen molar-refractivity contribution in [2.24, 2.45) is 0 Å². The Morgan fingerprint density at radius 3 is 3.00 bits per heavy atom. The third-order valence-electron chi connectivity index (χ3n) is 3.37. The van der Waals surface area contributed by atoms with Gasteiger partial charge in [-0.05, 0) is 18.6 Å². The molecule has 22 heavy (non-hydrogen) atoms. The second-order valence-corrected chi connectivity index (χ2v) is 5.12. The molecule has 1 amide bonds. The number of ether oxygens (including phenoxy) is 1. The number of carbonyl (C=O) groups is 1. The molecule has 0 fully saturated rings. The fourth-order valence-corrected chi connectivity index (χ4v) is 2.10. The van der Waals surface area contributed by atoms with Crippen molar-refractivity contribution in [3.63, 3.8) is 0 Å². The van der Waals surface area contributed by atoms with E-state index in [2.05, 4.69) is 17.4 Å². The maximum Gasteiger partial charge on any atom is 0.220 e. The summed E-state index contributed by atoms with van der Waals surface area (Å²) in [6, 6.07) is 9.53. The molecule has 0 aliphatic rings. The molecular formula is C17H22N2O3. The molecule has 0 aliphatic carbocycles. The highest BCUT2D eigenvalue weighted by molar-refractivity contribution is 5.75. The number of aromatic nitrogens is 1. The van der Waals surface area contributed by atoms with Gasteiger partial charge in [-0.1, -0.05) is 30.6 Å². The number of nitrogens with one attached hydrogen (secondary N) is 1. The number of unbranched alkanes of at least 4 members (excludes halogenated alkanes) is 1. The molecular weight excluding hydrogens is 280 g/mol. The molecule has 0 spiro atoms. The standard InChI is InChI=1S/C17H22N2O3/c1-3-4-8-17(20)18-10-9-14-12-16(22-19-14)13-6-5-7-15(11-13)21-2/h5-7,11-12H,3-4,8-10H2,1-2H3,(H,18,20). The summed E-state index contributed by atoms with van der Waals surface area (Å²) in [7, 11) is 1.63. The molecule has 0 aliphatic heterocycles. The summed E-state index contributed by atoms with van der Waals surface area (Å²) >= 11 is 0. The summed E-state index contributed by atoms with van der Waals surface area (Å²) in [5.41, 5.74) is 1.75. The van der Waals surface area contributed by atoms with E-state index in [-0.39, 0.29) is 5.91 Å². The van der Waals surface area contributed by atoms with E-state index in [0.29, 0.717) is 25.1 Å². The first-order valence-electron chi connectivity index (χ1n) is 7.59. The van der Waals surface area contributed by atoms with Crippen molar-refractivity contribution in [3.05, 3.63) is 36.0 Å². The van der Waals surface area contributed by atoms with Gasteiger partial charge in [0.25, 0.3) is 0 Å². The lowest BCUT2D eigenvalue weighted by molar-refractivity contribution is -0.121. The van der Waals surface area contributed by atoms with Crippen molar-refractivity contribution in [1.82, 2.24) is 10.5 Å². The lowest BCUT2D eigenvalue weighted by Crippen LogP contribution is -2.25. The van der Waals surface area contributed by atoms with Gasteiger partial charge < -0.3 is 14.6 Å². The fraction of sp³-hybridized carbons (Fsp3) is 0.412. The van der Waals surface area contributed by atoms with Gasteiger partial charge in [-0.2, -0.15) is 0 Å². The maximum atomic E-state index is 11.5. The Morgan fingerprint density at radius 1 is 1.36 bits per heavy atom. The SMILES string of the molecule is CCCCC(=O)NCCc1cc(-c2cccc(OC)c2)on1. The molecule has 0 unspecified atom stereocenters. The number of hydrogen-bond acceptors (Lipinski definition) is 4. The number of methoxy groups -OCH3 is 1. The van der Waals surface area contributed by atoms with E-state index < -0.39 is 0 Å². The first-order valence-corrected chi connectivity index (χ1v) is 7.59. The zero-order valence-corrected chi connectivity index (χ0v) is 13.1. The summed E-state index contributed by atoms with van der Waals surface area (Å²) in [6.45, 7) is 2.65. The van der Waals surface area contributed by atoms with E-state index >= 15 is 0 Å². The Bertz CT molecular complexity index is 607. The van der Waals surface area contributed by atoms with E-state index in [1.165, 1.54) is 0 Å². The number of nitrogens with zero attached hydrogens (tertiary/aromatic N) is 1. The van der Waals surface area contributed by atoms with Crippen LogP contribution in [0.5, 0.6) is 5.75 Å². The van der Waals surface area contributed by atoms with Gasteiger partial charge in [-0.15, -0.1) is 0 Å². The molecule has 0 bridgehead atoms. The van der Waals surface area contributed by atoms with E-state index in [1.54, 1.807) is 7.11 Å². The number of carbonyl (C=O) groups excluding carboxylic acids is 1. The van der Waals surface area contributed by atoms with Crippen LogP contribution in [0.25, 0.3) is 11.3 Å². The van der Waals surface area contributed by atoms with Crippen LogP contribution in [0.3, 0.4) is 0 Å². The number of benzene rings is 1. The summed E-state index contributed by atoms with van der Waals surface area (Å²) in [6.07, 6.45) is 3.20. The second-order valence-electron chi connectivity index (χ2n) is 5.12.